The van der Waals surface area contributed by atoms with E-state index in [9.17, 15) is 9.59 Å². The topological polar surface area (TPSA) is 76.7 Å². The third-order valence-corrected chi connectivity index (χ3v) is 4.11. The van der Waals surface area contributed by atoms with Crippen molar-refractivity contribution >= 4 is 17.5 Å². The molecule has 0 bridgehead atoms. The Labute approximate surface area is 166 Å². The standard InChI is InChI=1S/C22H28N2O4/c1-5-28-19-12-8-17(9-13-19)23-22(26)20(14-15(2)3)24-21(25)16-6-10-18(27-4)11-7-16/h6-13,15,20H,5,14H2,1-4H3,(H,23,26)(H,24,25)/t20-/m1/s1. The summed E-state index contributed by atoms with van der Waals surface area (Å²) in [5.74, 6) is 1.11. The second-order valence-corrected chi connectivity index (χ2v) is 6.83. The number of amides is 2. The molecule has 0 heterocycles. The van der Waals surface area contributed by atoms with Crippen LogP contribution >= 0.6 is 0 Å². The number of ether oxygens (including phenoxy) is 2. The highest BCUT2D eigenvalue weighted by molar-refractivity contribution is 6.01. The number of anilines is 1. The number of nitrogens with one attached hydrogen (secondary N) is 2. The molecule has 2 aromatic carbocycles. The van der Waals surface area contributed by atoms with Crippen LogP contribution in [0.15, 0.2) is 48.5 Å². The maximum atomic E-state index is 12.7. The van der Waals surface area contributed by atoms with Crippen molar-refractivity contribution in [1.82, 2.24) is 5.32 Å². The largest absolute Gasteiger partial charge is 0.497 e. The highest BCUT2D eigenvalue weighted by Crippen LogP contribution is 2.17. The first-order valence-corrected chi connectivity index (χ1v) is 9.41. The van der Waals surface area contributed by atoms with Crippen molar-refractivity contribution in [2.24, 2.45) is 5.92 Å². The highest BCUT2D eigenvalue weighted by atomic mass is 16.5. The van der Waals surface area contributed by atoms with E-state index in [1.54, 1.807) is 55.6 Å². The summed E-state index contributed by atoms with van der Waals surface area (Å²) in [5.41, 5.74) is 1.13. The number of carbonyl (C=O) groups is 2. The van der Waals surface area contributed by atoms with Crippen LogP contribution in [0.1, 0.15) is 37.6 Å². The van der Waals surface area contributed by atoms with Gasteiger partial charge < -0.3 is 20.1 Å². The van der Waals surface area contributed by atoms with E-state index in [0.717, 1.165) is 5.75 Å². The van der Waals surface area contributed by atoms with Crippen LogP contribution in [0.25, 0.3) is 0 Å². The van der Waals surface area contributed by atoms with Gasteiger partial charge in [-0.25, -0.2) is 0 Å². The number of benzene rings is 2. The minimum atomic E-state index is -0.638. The fraction of sp³-hybridized carbons (Fsp3) is 0.364. The van der Waals surface area contributed by atoms with Gasteiger partial charge in [-0.15, -0.1) is 0 Å². The summed E-state index contributed by atoms with van der Waals surface area (Å²) in [4.78, 5) is 25.3. The van der Waals surface area contributed by atoms with Crippen molar-refractivity contribution in [3.8, 4) is 11.5 Å². The maximum Gasteiger partial charge on any atom is 0.251 e. The molecule has 150 valence electrons. The molecule has 6 nitrogen and oxygen atoms in total. The van der Waals surface area contributed by atoms with Crippen LogP contribution in [-0.2, 0) is 4.79 Å². The zero-order valence-electron chi connectivity index (χ0n) is 16.8. The summed E-state index contributed by atoms with van der Waals surface area (Å²) >= 11 is 0. The van der Waals surface area contributed by atoms with Crippen LogP contribution in [0.4, 0.5) is 5.69 Å². The van der Waals surface area contributed by atoms with E-state index >= 15 is 0 Å². The fourth-order valence-corrected chi connectivity index (χ4v) is 2.72. The number of methoxy groups -OCH3 is 1. The van der Waals surface area contributed by atoms with Gasteiger partial charge >= 0.3 is 0 Å². The predicted molar refractivity (Wildman–Crippen MR) is 110 cm³/mol. The third-order valence-electron chi connectivity index (χ3n) is 4.11. The first kappa shape index (κ1) is 21.3. The Morgan fingerprint density at radius 3 is 2.11 bits per heavy atom. The fourth-order valence-electron chi connectivity index (χ4n) is 2.72. The molecule has 0 aromatic heterocycles. The van der Waals surface area contributed by atoms with Gasteiger partial charge in [0.15, 0.2) is 0 Å². The molecule has 0 aliphatic rings. The molecule has 0 aliphatic carbocycles. The summed E-state index contributed by atoms with van der Waals surface area (Å²) in [6.07, 6.45) is 0.532. The lowest BCUT2D eigenvalue weighted by molar-refractivity contribution is -0.118. The molecule has 0 radical (unpaired) electrons. The molecule has 2 amide bonds. The van der Waals surface area contributed by atoms with Gasteiger partial charge in [0.2, 0.25) is 5.91 Å². The number of rotatable bonds is 9. The summed E-state index contributed by atoms with van der Waals surface area (Å²) in [6.45, 7) is 6.52. The van der Waals surface area contributed by atoms with Gasteiger partial charge in [-0.05, 0) is 67.8 Å². The average Bonchev–Trinajstić information content (AvgIpc) is 2.68. The van der Waals surface area contributed by atoms with Crippen LogP contribution in [0.3, 0.4) is 0 Å². The Kier molecular flexibility index (Phi) is 7.87. The lowest BCUT2D eigenvalue weighted by Gasteiger charge is -2.20. The Bertz CT molecular complexity index is 770. The maximum absolute atomic E-state index is 12.7. The van der Waals surface area contributed by atoms with Crippen molar-refractivity contribution < 1.29 is 19.1 Å². The zero-order valence-corrected chi connectivity index (χ0v) is 16.8. The van der Waals surface area contributed by atoms with Crippen LogP contribution in [0, 0.1) is 5.92 Å². The van der Waals surface area contributed by atoms with Crippen molar-refractivity contribution in [2.45, 2.75) is 33.2 Å². The van der Waals surface area contributed by atoms with Crippen LogP contribution in [0.2, 0.25) is 0 Å². The van der Waals surface area contributed by atoms with Crippen molar-refractivity contribution in [3.63, 3.8) is 0 Å². The molecule has 0 aliphatic heterocycles. The Hall–Kier alpha value is -3.02. The molecule has 28 heavy (non-hydrogen) atoms. The minimum absolute atomic E-state index is 0.243. The molecule has 2 rings (SSSR count). The summed E-state index contributed by atoms with van der Waals surface area (Å²) < 4.78 is 10.5. The van der Waals surface area contributed by atoms with Gasteiger partial charge in [0.25, 0.3) is 5.91 Å². The predicted octanol–water partition coefficient (Wildman–Crippen LogP) is 3.88. The van der Waals surface area contributed by atoms with Crippen LogP contribution in [0.5, 0.6) is 11.5 Å². The SMILES string of the molecule is CCOc1ccc(NC(=O)[C@@H](CC(C)C)NC(=O)c2ccc(OC)cc2)cc1. The number of carbonyl (C=O) groups excluding carboxylic acids is 2. The van der Waals surface area contributed by atoms with Crippen LogP contribution < -0.4 is 20.1 Å². The van der Waals surface area contributed by atoms with E-state index in [4.69, 9.17) is 9.47 Å². The lowest BCUT2D eigenvalue weighted by Crippen LogP contribution is -2.44. The van der Waals surface area contributed by atoms with E-state index in [2.05, 4.69) is 10.6 Å². The molecular weight excluding hydrogens is 356 g/mol. The minimum Gasteiger partial charge on any atom is -0.497 e. The molecular formula is C22H28N2O4. The van der Waals surface area contributed by atoms with E-state index in [1.807, 2.05) is 20.8 Å². The average molecular weight is 384 g/mol. The van der Waals surface area contributed by atoms with Gasteiger partial charge in [0.1, 0.15) is 17.5 Å². The zero-order chi connectivity index (χ0) is 20.5. The summed E-state index contributed by atoms with van der Waals surface area (Å²) in [6, 6.07) is 13.3. The Morgan fingerprint density at radius 1 is 0.964 bits per heavy atom. The summed E-state index contributed by atoms with van der Waals surface area (Å²) in [7, 11) is 1.57. The summed E-state index contributed by atoms with van der Waals surface area (Å²) in [5, 5.41) is 5.70. The first-order chi connectivity index (χ1) is 13.4. The smallest absolute Gasteiger partial charge is 0.251 e. The monoisotopic (exact) mass is 384 g/mol. The molecule has 1 atom stereocenters. The quantitative estimate of drug-likeness (QED) is 0.688. The number of hydrogen-bond acceptors (Lipinski definition) is 4. The van der Waals surface area contributed by atoms with E-state index < -0.39 is 6.04 Å². The normalized spacial score (nSPS) is 11.6. The van der Waals surface area contributed by atoms with E-state index in [0.29, 0.717) is 30.0 Å². The highest BCUT2D eigenvalue weighted by Gasteiger charge is 2.22. The van der Waals surface area contributed by atoms with Crippen molar-refractivity contribution in [2.75, 3.05) is 19.0 Å². The van der Waals surface area contributed by atoms with Gasteiger partial charge in [0, 0.05) is 11.3 Å². The molecule has 0 fully saturated rings. The first-order valence-electron chi connectivity index (χ1n) is 9.41. The van der Waals surface area contributed by atoms with E-state index in [1.165, 1.54) is 0 Å². The Morgan fingerprint density at radius 2 is 1.57 bits per heavy atom. The molecule has 0 unspecified atom stereocenters. The van der Waals surface area contributed by atoms with E-state index in [-0.39, 0.29) is 17.7 Å². The van der Waals surface area contributed by atoms with Crippen molar-refractivity contribution in [3.05, 3.63) is 54.1 Å². The third kappa shape index (κ3) is 6.30. The van der Waals surface area contributed by atoms with Gasteiger partial charge in [-0.3, -0.25) is 9.59 Å². The van der Waals surface area contributed by atoms with Gasteiger partial charge in [-0.1, -0.05) is 13.8 Å². The second-order valence-electron chi connectivity index (χ2n) is 6.83. The van der Waals surface area contributed by atoms with Gasteiger partial charge in [-0.2, -0.15) is 0 Å². The van der Waals surface area contributed by atoms with Gasteiger partial charge in [0.05, 0.1) is 13.7 Å². The second kappa shape index (κ2) is 10.3. The van der Waals surface area contributed by atoms with Crippen molar-refractivity contribution in [1.29, 1.82) is 0 Å². The molecule has 0 saturated heterocycles. The molecule has 2 aromatic rings. The number of hydrogen-bond donors (Lipinski definition) is 2. The molecule has 0 spiro atoms. The molecule has 0 saturated carbocycles. The lowest BCUT2D eigenvalue weighted by atomic mass is 10.0. The Balaban J connectivity index is 2.06. The molecule has 2 N–H and O–H groups in total. The molecule has 6 heteroatoms. The van der Waals surface area contributed by atoms with Crippen LogP contribution in [-0.4, -0.2) is 31.6 Å².